The lowest BCUT2D eigenvalue weighted by Crippen LogP contribution is -2.40. The fourth-order valence-corrected chi connectivity index (χ4v) is 7.03. The molecule has 0 atom stereocenters. The summed E-state index contributed by atoms with van der Waals surface area (Å²) in [5.41, 5.74) is -1.01. The number of halogens is 7. The van der Waals surface area contributed by atoms with Crippen molar-refractivity contribution in [3.8, 4) is 0 Å². The summed E-state index contributed by atoms with van der Waals surface area (Å²) < 4.78 is 25.9. The molecule has 0 aliphatic heterocycles. The Bertz CT molecular complexity index is 398. The minimum atomic E-state index is -4.13. The van der Waals surface area contributed by atoms with Crippen molar-refractivity contribution in [2.45, 2.75) is 34.5 Å². The Labute approximate surface area is 187 Å². The van der Waals surface area contributed by atoms with E-state index in [0.29, 0.717) is 10.7 Å². The molecule has 12 heteroatoms. The maximum absolute atomic E-state index is 12.8. The first-order valence-corrected chi connectivity index (χ1v) is 13.0. The fourth-order valence-electron chi connectivity index (χ4n) is 0.730. The highest BCUT2D eigenvalue weighted by atomic mass is 79.9. The molecule has 134 valence electrons. The van der Waals surface area contributed by atoms with Crippen LogP contribution in [0.25, 0.3) is 0 Å². The van der Waals surface area contributed by atoms with Gasteiger partial charge in [-0.1, -0.05) is 59.6 Å². The first-order valence-electron chi connectivity index (χ1n) is 5.79. The van der Waals surface area contributed by atoms with Crippen molar-refractivity contribution in [1.29, 1.82) is 0 Å². The van der Waals surface area contributed by atoms with Crippen molar-refractivity contribution >= 4 is 115 Å². The second-order valence-electron chi connectivity index (χ2n) is 5.77. The number of alkyl halides is 6. The summed E-state index contributed by atoms with van der Waals surface area (Å²) in [6.07, 6.45) is 0. The molecular weight excluding hydrogens is 730 g/mol. The number of phosphoric acid groups is 1. The third-order valence-corrected chi connectivity index (χ3v) is 13.2. The highest BCUT2D eigenvalue weighted by Gasteiger charge is 2.53. The van der Waals surface area contributed by atoms with Gasteiger partial charge in [0.25, 0.3) is 0 Å². The third-order valence-electron chi connectivity index (χ3n) is 2.78. The number of phosphoric ester groups is 1. The molecule has 4 nitrogen and oxygen atoms in total. The lowest BCUT2D eigenvalue weighted by Gasteiger charge is -2.40. The Balaban J connectivity index is 5.45. The Hall–Kier alpha value is 3.28. The molecule has 0 saturated heterocycles. The molecule has 0 rings (SSSR count). The maximum Gasteiger partial charge on any atom is 0.495 e. The van der Waals surface area contributed by atoms with Gasteiger partial charge in [0, 0.05) is 21.5 Å². The van der Waals surface area contributed by atoms with Gasteiger partial charge in [0.2, 0.25) is 0 Å². The van der Waals surface area contributed by atoms with Crippen LogP contribution >= 0.6 is 115 Å². The van der Waals surface area contributed by atoms with Crippen LogP contribution in [0.3, 0.4) is 0 Å². The van der Waals surface area contributed by atoms with Crippen LogP contribution in [0.4, 0.5) is 0 Å². The van der Waals surface area contributed by atoms with Crippen LogP contribution in [0.2, 0.25) is 0 Å². The van der Waals surface area contributed by atoms with Crippen LogP contribution in [0, 0.1) is 10.8 Å². The minimum absolute atomic E-state index is 0.506. The SMILES string of the molecule is CC(C)(CBr)C(Br)(Br)OP(=O)(OCl)OC(Br)(Br)C(C)(C)CBr. The number of hydrogen-bond acceptors (Lipinski definition) is 4. The van der Waals surface area contributed by atoms with Gasteiger partial charge in [-0.2, -0.15) is 4.08 Å². The number of hydrogen-bond donors (Lipinski definition) is 0. The smallest absolute Gasteiger partial charge is 0.256 e. The topological polar surface area (TPSA) is 44.8 Å². The highest BCUT2D eigenvalue weighted by molar-refractivity contribution is 9.25. The molecule has 0 spiro atoms. The minimum Gasteiger partial charge on any atom is -0.256 e. The van der Waals surface area contributed by atoms with Crippen LogP contribution < -0.4 is 0 Å². The van der Waals surface area contributed by atoms with E-state index in [1.54, 1.807) is 0 Å². The quantitative estimate of drug-likeness (QED) is 0.177. The van der Waals surface area contributed by atoms with Crippen LogP contribution in [-0.2, 0) is 17.7 Å². The standard InChI is InChI=1S/C10H16Br6ClO4P/c1-7(2,5-11)9(13,14)19-22(18,21-17)20-10(15,16)8(3,4)6-12/h5-6H2,1-4H3. The molecule has 0 radical (unpaired) electrons. The van der Waals surface area contributed by atoms with Gasteiger partial charge < -0.3 is 0 Å². The molecule has 0 aromatic rings. The van der Waals surface area contributed by atoms with Crippen molar-refractivity contribution < 1.29 is 17.7 Å². The lowest BCUT2D eigenvalue weighted by molar-refractivity contribution is 0.0549. The molecule has 0 unspecified atom stereocenters. The van der Waals surface area contributed by atoms with E-state index in [0.717, 1.165) is 0 Å². The molecular formula is C10H16Br6ClO4P. The monoisotopic (exact) mass is 740 g/mol. The van der Waals surface area contributed by atoms with Gasteiger partial charge in [0.05, 0.1) is 11.9 Å². The zero-order chi connectivity index (χ0) is 18.0. The van der Waals surface area contributed by atoms with Gasteiger partial charge in [0.15, 0.2) is 6.84 Å². The molecule has 0 aromatic heterocycles. The molecule has 0 heterocycles. The van der Waals surface area contributed by atoms with Crippen molar-refractivity contribution in [2.24, 2.45) is 10.8 Å². The summed E-state index contributed by atoms with van der Waals surface area (Å²) in [6.45, 7) is 7.51. The van der Waals surface area contributed by atoms with E-state index >= 15 is 0 Å². The maximum atomic E-state index is 12.8. The van der Waals surface area contributed by atoms with Crippen molar-refractivity contribution in [2.75, 3.05) is 10.7 Å². The zero-order valence-corrected chi connectivity index (χ0v) is 23.3. The second-order valence-corrected chi connectivity index (χ2v) is 15.3. The first kappa shape index (κ1) is 25.3. The normalized spacial score (nSPS) is 15.2. The van der Waals surface area contributed by atoms with Gasteiger partial charge in [-0.15, -0.1) is 0 Å². The average molecular weight is 746 g/mol. The highest BCUT2D eigenvalue weighted by Crippen LogP contribution is 2.66. The predicted molar refractivity (Wildman–Crippen MR) is 113 cm³/mol. The summed E-state index contributed by atoms with van der Waals surface area (Å²) in [5, 5.41) is 1.08. The summed E-state index contributed by atoms with van der Waals surface area (Å²) >= 11 is 25.5. The van der Waals surface area contributed by atoms with Gasteiger partial charge in [-0.05, 0) is 63.7 Å². The van der Waals surface area contributed by atoms with Crippen LogP contribution in [0.1, 0.15) is 27.7 Å². The summed E-state index contributed by atoms with van der Waals surface area (Å²) in [6, 6.07) is 0. The third kappa shape index (κ3) is 6.46. The zero-order valence-electron chi connectivity index (χ0n) is 12.1. The van der Waals surface area contributed by atoms with Crippen LogP contribution in [-0.4, -0.2) is 17.5 Å². The second kappa shape index (κ2) is 8.98. The lowest BCUT2D eigenvalue weighted by atomic mass is 9.98. The van der Waals surface area contributed by atoms with E-state index in [4.69, 9.17) is 20.9 Å². The Kier molecular flexibility index (Phi) is 10.3. The average Bonchev–Trinajstić information content (AvgIpc) is 2.36. The van der Waals surface area contributed by atoms with Crippen LogP contribution in [0.15, 0.2) is 0 Å². The summed E-state index contributed by atoms with van der Waals surface area (Å²) in [7, 11) is -4.13. The molecule has 0 bridgehead atoms. The summed E-state index contributed by atoms with van der Waals surface area (Å²) in [5.74, 6) is 0. The van der Waals surface area contributed by atoms with Crippen LogP contribution in [0.5, 0.6) is 0 Å². The number of rotatable bonds is 9. The van der Waals surface area contributed by atoms with E-state index in [2.05, 4.69) is 99.7 Å². The Morgan fingerprint density at radius 3 is 1.32 bits per heavy atom. The van der Waals surface area contributed by atoms with Crippen molar-refractivity contribution in [1.82, 2.24) is 0 Å². The molecule has 0 fully saturated rings. The van der Waals surface area contributed by atoms with Gasteiger partial charge in [-0.25, -0.2) is 4.57 Å². The first-order chi connectivity index (χ1) is 9.60. The van der Waals surface area contributed by atoms with Gasteiger partial charge in [0.1, 0.15) is 0 Å². The molecule has 0 saturated carbocycles. The molecule has 0 aromatic carbocycles. The molecule has 0 amide bonds. The molecule has 0 N–H and O–H groups in total. The van der Waals surface area contributed by atoms with Gasteiger partial charge in [-0.3, -0.25) is 9.05 Å². The Morgan fingerprint density at radius 1 is 0.864 bits per heavy atom. The van der Waals surface area contributed by atoms with Gasteiger partial charge >= 0.3 is 7.82 Å². The van der Waals surface area contributed by atoms with E-state index in [1.807, 2.05) is 27.7 Å². The fraction of sp³-hybridized carbons (Fsp3) is 1.00. The van der Waals surface area contributed by atoms with E-state index in [9.17, 15) is 4.57 Å². The molecule has 0 aliphatic rings. The predicted octanol–water partition coefficient (Wildman–Crippen LogP) is 8.03. The van der Waals surface area contributed by atoms with E-state index < -0.39 is 25.5 Å². The van der Waals surface area contributed by atoms with Crippen molar-refractivity contribution in [3.63, 3.8) is 0 Å². The molecule has 0 aliphatic carbocycles. The van der Waals surface area contributed by atoms with E-state index in [-0.39, 0.29) is 0 Å². The Morgan fingerprint density at radius 2 is 1.14 bits per heavy atom. The van der Waals surface area contributed by atoms with Crippen molar-refractivity contribution in [3.05, 3.63) is 0 Å². The summed E-state index contributed by atoms with van der Waals surface area (Å²) in [4.78, 5) is 0. The molecule has 22 heavy (non-hydrogen) atoms. The largest absolute Gasteiger partial charge is 0.495 e. The van der Waals surface area contributed by atoms with E-state index in [1.165, 1.54) is 0 Å².